The second-order valence-corrected chi connectivity index (χ2v) is 7.56. The van der Waals surface area contributed by atoms with E-state index in [1.54, 1.807) is 10.4 Å². The summed E-state index contributed by atoms with van der Waals surface area (Å²) in [4.78, 5) is 0.429. The summed E-state index contributed by atoms with van der Waals surface area (Å²) in [5.41, 5.74) is 1.02. The first-order valence-electron chi connectivity index (χ1n) is 7.91. The van der Waals surface area contributed by atoms with Gasteiger partial charge in [-0.15, -0.1) is 0 Å². The van der Waals surface area contributed by atoms with E-state index >= 15 is 0 Å². The molecular weight excluding hydrogens is 284 g/mol. The Morgan fingerprint density at radius 3 is 2.62 bits per heavy atom. The highest BCUT2D eigenvalue weighted by Gasteiger charge is 2.37. The van der Waals surface area contributed by atoms with Crippen LogP contribution < -0.4 is 5.32 Å². The maximum absolute atomic E-state index is 12.8. The molecule has 0 spiro atoms. The van der Waals surface area contributed by atoms with Crippen LogP contribution in [0.1, 0.15) is 45.1 Å². The van der Waals surface area contributed by atoms with Gasteiger partial charge in [0, 0.05) is 19.1 Å². The molecular formula is C16H26N2O2S. The van der Waals surface area contributed by atoms with Gasteiger partial charge in [-0.05, 0) is 49.9 Å². The fourth-order valence-corrected chi connectivity index (χ4v) is 4.29. The van der Waals surface area contributed by atoms with E-state index < -0.39 is 10.0 Å². The van der Waals surface area contributed by atoms with Gasteiger partial charge >= 0.3 is 0 Å². The smallest absolute Gasteiger partial charge is 0.243 e. The molecule has 1 saturated carbocycles. The minimum atomic E-state index is -3.35. The molecule has 0 saturated heterocycles. The number of nitrogens with zero attached hydrogens (tertiary/aromatic N) is 1. The normalized spacial score (nSPS) is 15.6. The van der Waals surface area contributed by atoms with Crippen molar-refractivity contribution < 1.29 is 8.42 Å². The highest BCUT2D eigenvalue weighted by molar-refractivity contribution is 7.89. The van der Waals surface area contributed by atoms with Gasteiger partial charge in [-0.1, -0.05) is 26.0 Å². The van der Waals surface area contributed by atoms with Crippen LogP contribution in [-0.2, 0) is 16.6 Å². The predicted octanol–water partition coefficient (Wildman–Crippen LogP) is 2.75. The highest BCUT2D eigenvalue weighted by Crippen LogP contribution is 2.32. The molecule has 1 fully saturated rings. The lowest BCUT2D eigenvalue weighted by Crippen LogP contribution is -2.33. The van der Waals surface area contributed by atoms with Gasteiger partial charge in [0.05, 0.1) is 4.90 Å². The average molecular weight is 310 g/mol. The summed E-state index contributed by atoms with van der Waals surface area (Å²) in [7, 11) is -3.35. The van der Waals surface area contributed by atoms with Crippen LogP contribution in [0.3, 0.4) is 0 Å². The van der Waals surface area contributed by atoms with Gasteiger partial charge in [0.25, 0.3) is 0 Å². The summed E-state index contributed by atoms with van der Waals surface area (Å²) in [6, 6.07) is 7.56. The number of rotatable bonds is 9. The fourth-order valence-electron chi connectivity index (χ4n) is 2.44. The second-order valence-electron chi connectivity index (χ2n) is 5.67. The van der Waals surface area contributed by atoms with Crippen LogP contribution in [0.5, 0.6) is 0 Å². The van der Waals surface area contributed by atoms with Crippen molar-refractivity contribution in [1.29, 1.82) is 0 Å². The molecule has 118 valence electrons. The monoisotopic (exact) mass is 310 g/mol. The van der Waals surface area contributed by atoms with E-state index in [-0.39, 0.29) is 6.04 Å². The lowest BCUT2D eigenvalue weighted by molar-refractivity contribution is 0.403. The molecule has 1 aromatic rings. The number of nitrogens with one attached hydrogen (secondary N) is 1. The van der Waals surface area contributed by atoms with Crippen molar-refractivity contribution in [3.05, 3.63) is 29.8 Å². The Bertz CT molecular complexity index is 553. The van der Waals surface area contributed by atoms with Crippen LogP contribution in [0.25, 0.3) is 0 Å². The number of benzene rings is 1. The molecule has 4 nitrogen and oxygen atoms in total. The quantitative estimate of drug-likeness (QED) is 0.714. The predicted molar refractivity (Wildman–Crippen MR) is 85.6 cm³/mol. The molecule has 5 heteroatoms. The number of hydrogen-bond donors (Lipinski definition) is 1. The van der Waals surface area contributed by atoms with Crippen LogP contribution >= 0.6 is 0 Å². The maximum atomic E-state index is 12.8. The van der Waals surface area contributed by atoms with E-state index in [9.17, 15) is 8.42 Å². The van der Waals surface area contributed by atoms with Gasteiger partial charge in [-0.25, -0.2) is 8.42 Å². The molecule has 0 heterocycles. The minimum Gasteiger partial charge on any atom is -0.313 e. The van der Waals surface area contributed by atoms with Crippen molar-refractivity contribution in [1.82, 2.24) is 9.62 Å². The zero-order chi connectivity index (χ0) is 15.3. The van der Waals surface area contributed by atoms with E-state index in [1.807, 2.05) is 25.1 Å². The molecule has 0 unspecified atom stereocenters. The molecule has 21 heavy (non-hydrogen) atoms. The summed E-state index contributed by atoms with van der Waals surface area (Å²) < 4.78 is 27.3. The van der Waals surface area contributed by atoms with Gasteiger partial charge < -0.3 is 5.32 Å². The molecule has 0 aromatic heterocycles. The summed E-state index contributed by atoms with van der Waals surface area (Å²) in [6.07, 6.45) is 3.92. The van der Waals surface area contributed by atoms with Crippen molar-refractivity contribution in [3.8, 4) is 0 Å². The summed E-state index contributed by atoms with van der Waals surface area (Å²) >= 11 is 0. The third-order valence-electron chi connectivity index (χ3n) is 3.66. The lowest BCUT2D eigenvalue weighted by atomic mass is 10.2. The van der Waals surface area contributed by atoms with Crippen molar-refractivity contribution in [2.75, 3.05) is 13.1 Å². The first-order valence-corrected chi connectivity index (χ1v) is 9.35. The molecule has 0 atom stereocenters. The molecule has 1 aliphatic rings. The minimum absolute atomic E-state index is 0.219. The molecule has 1 aliphatic carbocycles. The largest absolute Gasteiger partial charge is 0.313 e. The third kappa shape index (κ3) is 4.28. The van der Waals surface area contributed by atoms with Crippen molar-refractivity contribution in [3.63, 3.8) is 0 Å². The van der Waals surface area contributed by atoms with Crippen molar-refractivity contribution >= 4 is 10.0 Å². The average Bonchev–Trinajstić information content (AvgIpc) is 3.30. The first-order chi connectivity index (χ1) is 10.1. The SMILES string of the molecule is CCCNCc1cccc(S(=O)(=O)N(CCC)C2CC2)c1. The molecule has 0 aliphatic heterocycles. The van der Waals surface area contributed by atoms with Gasteiger partial charge in [0.1, 0.15) is 0 Å². The fraction of sp³-hybridized carbons (Fsp3) is 0.625. The van der Waals surface area contributed by atoms with Crippen molar-refractivity contribution in [2.24, 2.45) is 0 Å². The highest BCUT2D eigenvalue weighted by atomic mass is 32.2. The number of sulfonamides is 1. The topological polar surface area (TPSA) is 49.4 Å². The first kappa shape index (κ1) is 16.5. The Morgan fingerprint density at radius 2 is 2.00 bits per heavy atom. The van der Waals surface area contributed by atoms with Gasteiger partial charge in [-0.3, -0.25) is 0 Å². The van der Waals surface area contributed by atoms with E-state index in [0.717, 1.165) is 37.8 Å². The zero-order valence-electron chi connectivity index (χ0n) is 13.0. The Kier molecular flexibility index (Phi) is 5.79. The van der Waals surface area contributed by atoms with Crippen LogP contribution in [0.2, 0.25) is 0 Å². The van der Waals surface area contributed by atoms with E-state index in [4.69, 9.17) is 0 Å². The van der Waals surface area contributed by atoms with Crippen LogP contribution in [0.15, 0.2) is 29.2 Å². The standard InChI is InChI=1S/C16H26N2O2S/c1-3-10-17-13-14-6-5-7-16(12-14)21(19,20)18(11-4-2)15-8-9-15/h5-7,12,15,17H,3-4,8-11,13H2,1-2H3. The maximum Gasteiger partial charge on any atom is 0.243 e. The van der Waals surface area contributed by atoms with E-state index in [2.05, 4.69) is 12.2 Å². The molecule has 1 N–H and O–H groups in total. The van der Waals surface area contributed by atoms with E-state index in [1.165, 1.54) is 0 Å². The zero-order valence-corrected chi connectivity index (χ0v) is 13.8. The van der Waals surface area contributed by atoms with Gasteiger partial charge in [0.15, 0.2) is 0 Å². The second kappa shape index (κ2) is 7.38. The molecule has 0 amide bonds. The van der Waals surface area contributed by atoms with Crippen LogP contribution in [0.4, 0.5) is 0 Å². The molecule has 2 rings (SSSR count). The molecule has 1 aromatic carbocycles. The summed E-state index contributed by atoms with van der Waals surface area (Å²) in [5, 5.41) is 3.31. The Labute approximate surface area is 128 Å². The van der Waals surface area contributed by atoms with Crippen LogP contribution in [0, 0.1) is 0 Å². The summed E-state index contributed by atoms with van der Waals surface area (Å²) in [5.74, 6) is 0. The van der Waals surface area contributed by atoms with E-state index in [0.29, 0.717) is 18.0 Å². The summed E-state index contributed by atoms with van der Waals surface area (Å²) in [6.45, 7) is 6.42. The third-order valence-corrected chi connectivity index (χ3v) is 5.61. The molecule has 0 radical (unpaired) electrons. The van der Waals surface area contributed by atoms with Gasteiger partial charge in [0.2, 0.25) is 10.0 Å². The van der Waals surface area contributed by atoms with Gasteiger partial charge in [-0.2, -0.15) is 4.31 Å². The molecule has 0 bridgehead atoms. The Morgan fingerprint density at radius 1 is 1.24 bits per heavy atom. The Hall–Kier alpha value is -0.910. The number of hydrogen-bond acceptors (Lipinski definition) is 3. The Balaban J connectivity index is 2.16. The lowest BCUT2D eigenvalue weighted by Gasteiger charge is -2.21. The van der Waals surface area contributed by atoms with Crippen LogP contribution in [-0.4, -0.2) is 31.9 Å². The van der Waals surface area contributed by atoms with Crippen molar-refractivity contribution in [2.45, 2.75) is 57.0 Å².